The molecular weight excluding hydrogens is 332 g/mol. The lowest BCUT2D eigenvalue weighted by Crippen LogP contribution is -2.27. The van der Waals surface area contributed by atoms with Gasteiger partial charge in [-0.25, -0.2) is 0 Å². The van der Waals surface area contributed by atoms with Crippen LogP contribution in [0.5, 0.6) is 11.5 Å². The predicted molar refractivity (Wildman–Crippen MR) is 104 cm³/mol. The molecule has 0 spiro atoms. The van der Waals surface area contributed by atoms with Crippen molar-refractivity contribution in [3.8, 4) is 11.5 Å². The Morgan fingerprint density at radius 1 is 0.692 bits per heavy atom. The van der Waals surface area contributed by atoms with Gasteiger partial charge in [0.15, 0.2) is 11.5 Å². The molecule has 0 saturated carbocycles. The minimum atomic E-state index is 0.0710. The summed E-state index contributed by atoms with van der Waals surface area (Å²) in [6.45, 7) is 13.5. The highest BCUT2D eigenvalue weighted by Crippen LogP contribution is 2.33. The third-order valence-electron chi connectivity index (χ3n) is 4.10. The van der Waals surface area contributed by atoms with E-state index >= 15 is 0 Å². The SMILES string of the molecule is CC(C)(C)c1ccc2c(c1)OCCNCCOCCOCCNCCO2. The summed E-state index contributed by atoms with van der Waals surface area (Å²) in [6.07, 6.45) is 0. The fraction of sp³-hybridized carbons (Fsp3) is 0.700. The molecule has 1 aromatic rings. The second-order valence-corrected chi connectivity index (χ2v) is 7.33. The van der Waals surface area contributed by atoms with Crippen molar-refractivity contribution in [1.82, 2.24) is 10.6 Å². The third kappa shape index (κ3) is 7.91. The molecule has 0 atom stereocenters. The molecule has 1 aliphatic heterocycles. The Balaban J connectivity index is 1.97. The first kappa shape index (κ1) is 21.0. The van der Waals surface area contributed by atoms with Crippen molar-refractivity contribution in [3.05, 3.63) is 23.8 Å². The minimum Gasteiger partial charge on any atom is -0.488 e. The zero-order valence-corrected chi connectivity index (χ0v) is 16.4. The molecule has 0 bridgehead atoms. The fourth-order valence-electron chi connectivity index (χ4n) is 2.53. The summed E-state index contributed by atoms with van der Waals surface area (Å²) in [5, 5.41) is 6.64. The molecule has 1 aliphatic rings. The van der Waals surface area contributed by atoms with Crippen LogP contribution in [0.25, 0.3) is 0 Å². The van der Waals surface area contributed by atoms with E-state index in [1.54, 1.807) is 0 Å². The number of ether oxygens (including phenoxy) is 4. The molecule has 0 amide bonds. The van der Waals surface area contributed by atoms with Gasteiger partial charge in [-0.3, -0.25) is 0 Å². The number of hydrogen-bond donors (Lipinski definition) is 2. The number of hydrogen-bond acceptors (Lipinski definition) is 6. The van der Waals surface area contributed by atoms with E-state index in [1.165, 1.54) is 5.56 Å². The molecular formula is C20H34N2O4. The molecule has 2 rings (SSSR count). The summed E-state index contributed by atoms with van der Waals surface area (Å²) in [6, 6.07) is 6.22. The van der Waals surface area contributed by atoms with Crippen molar-refractivity contribution in [2.75, 3.05) is 65.8 Å². The van der Waals surface area contributed by atoms with Crippen LogP contribution in [0.2, 0.25) is 0 Å². The van der Waals surface area contributed by atoms with Crippen LogP contribution in [0.3, 0.4) is 0 Å². The van der Waals surface area contributed by atoms with Gasteiger partial charge in [-0.15, -0.1) is 0 Å². The van der Waals surface area contributed by atoms with E-state index in [2.05, 4.69) is 43.5 Å². The monoisotopic (exact) mass is 366 g/mol. The number of rotatable bonds is 0. The maximum atomic E-state index is 6.00. The van der Waals surface area contributed by atoms with Gasteiger partial charge in [0.1, 0.15) is 13.2 Å². The van der Waals surface area contributed by atoms with Gasteiger partial charge in [-0.2, -0.15) is 0 Å². The molecule has 0 fully saturated rings. The largest absolute Gasteiger partial charge is 0.488 e. The van der Waals surface area contributed by atoms with E-state index in [0.717, 1.165) is 37.7 Å². The topological polar surface area (TPSA) is 61.0 Å². The van der Waals surface area contributed by atoms with Gasteiger partial charge in [0.05, 0.1) is 26.4 Å². The second-order valence-electron chi connectivity index (χ2n) is 7.33. The molecule has 1 aromatic carbocycles. The minimum absolute atomic E-state index is 0.0710. The van der Waals surface area contributed by atoms with Crippen molar-refractivity contribution >= 4 is 0 Å². The second kappa shape index (κ2) is 11.4. The summed E-state index contributed by atoms with van der Waals surface area (Å²) in [5.74, 6) is 1.60. The van der Waals surface area contributed by atoms with Gasteiger partial charge in [0.2, 0.25) is 0 Å². The van der Waals surface area contributed by atoms with Gasteiger partial charge in [0, 0.05) is 26.2 Å². The van der Waals surface area contributed by atoms with Gasteiger partial charge < -0.3 is 29.6 Å². The van der Waals surface area contributed by atoms with Crippen LogP contribution < -0.4 is 20.1 Å². The maximum Gasteiger partial charge on any atom is 0.161 e. The summed E-state index contributed by atoms with van der Waals surface area (Å²) in [5.41, 5.74) is 1.31. The van der Waals surface area contributed by atoms with Crippen molar-refractivity contribution in [1.29, 1.82) is 0 Å². The first-order chi connectivity index (χ1) is 12.6. The van der Waals surface area contributed by atoms with Gasteiger partial charge >= 0.3 is 0 Å². The molecule has 6 nitrogen and oxygen atoms in total. The number of fused-ring (bicyclic) bond motifs is 1. The number of benzene rings is 1. The van der Waals surface area contributed by atoms with Crippen LogP contribution in [0, 0.1) is 0 Å². The molecule has 26 heavy (non-hydrogen) atoms. The Bertz CT molecular complexity index is 517. The smallest absolute Gasteiger partial charge is 0.161 e. The molecule has 0 aliphatic carbocycles. The molecule has 0 radical (unpaired) electrons. The Morgan fingerprint density at radius 2 is 1.23 bits per heavy atom. The highest BCUT2D eigenvalue weighted by atomic mass is 16.5. The molecule has 0 aromatic heterocycles. The third-order valence-corrected chi connectivity index (χ3v) is 4.10. The van der Waals surface area contributed by atoms with E-state index in [9.17, 15) is 0 Å². The average molecular weight is 367 g/mol. The van der Waals surface area contributed by atoms with Crippen LogP contribution in [-0.2, 0) is 14.9 Å². The van der Waals surface area contributed by atoms with Gasteiger partial charge in [-0.1, -0.05) is 26.8 Å². The Morgan fingerprint density at radius 3 is 1.81 bits per heavy atom. The first-order valence-electron chi connectivity index (χ1n) is 9.54. The van der Waals surface area contributed by atoms with Crippen molar-refractivity contribution in [3.63, 3.8) is 0 Å². The summed E-state index contributed by atoms with van der Waals surface area (Å²) >= 11 is 0. The normalized spacial score (nSPS) is 19.3. The van der Waals surface area contributed by atoms with Crippen molar-refractivity contribution in [2.24, 2.45) is 0 Å². The lowest BCUT2D eigenvalue weighted by Gasteiger charge is -2.22. The highest BCUT2D eigenvalue weighted by molar-refractivity contribution is 5.44. The molecule has 2 N–H and O–H groups in total. The average Bonchev–Trinajstić information content (AvgIpc) is 2.60. The van der Waals surface area contributed by atoms with E-state index in [0.29, 0.717) is 39.6 Å². The summed E-state index contributed by atoms with van der Waals surface area (Å²) in [7, 11) is 0. The highest BCUT2D eigenvalue weighted by Gasteiger charge is 2.17. The first-order valence-corrected chi connectivity index (χ1v) is 9.54. The van der Waals surface area contributed by atoms with Crippen molar-refractivity contribution in [2.45, 2.75) is 26.2 Å². The Hall–Kier alpha value is -1.34. The lowest BCUT2D eigenvalue weighted by molar-refractivity contribution is 0.0495. The standard InChI is InChI=1S/C20H34N2O4/c1-20(2,3)17-4-5-18-19(16-17)26-13-9-22-7-11-24-15-14-23-10-6-21-8-12-25-18/h4-5,16,21-22H,6-15H2,1-3H3. The van der Waals surface area contributed by atoms with Crippen LogP contribution in [0.4, 0.5) is 0 Å². The zero-order chi connectivity index (χ0) is 18.7. The van der Waals surface area contributed by atoms with E-state index in [-0.39, 0.29) is 5.41 Å². The van der Waals surface area contributed by atoms with E-state index < -0.39 is 0 Å². The Kier molecular flexibility index (Phi) is 9.18. The van der Waals surface area contributed by atoms with Crippen LogP contribution in [0.1, 0.15) is 26.3 Å². The fourth-order valence-corrected chi connectivity index (χ4v) is 2.53. The van der Waals surface area contributed by atoms with E-state index in [1.807, 2.05) is 6.07 Å². The lowest BCUT2D eigenvalue weighted by atomic mass is 9.87. The van der Waals surface area contributed by atoms with Crippen molar-refractivity contribution < 1.29 is 18.9 Å². The van der Waals surface area contributed by atoms with Gasteiger partial charge in [0.25, 0.3) is 0 Å². The Labute approximate surface area is 157 Å². The van der Waals surface area contributed by atoms with Crippen LogP contribution >= 0.6 is 0 Å². The summed E-state index contributed by atoms with van der Waals surface area (Å²) in [4.78, 5) is 0. The molecule has 0 unspecified atom stereocenters. The zero-order valence-electron chi connectivity index (χ0n) is 16.4. The van der Waals surface area contributed by atoms with Crippen LogP contribution in [0.15, 0.2) is 18.2 Å². The van der Waals surface area contributed by atoms with E-state index in [4.69, 9.17) is 18.9 Å². The molecule has 148 valence electrons. The van der Waals surface area contributed by atoms with Crippen LogP contribution in [-0.4, -0.2) is 65.8 Å². The molecule has 6 heteroatoms. The molecule has 1 heterocycles. The molecule has 0 saturated heterocycles. The number of nitrogens with one attached hydrogen (secondary N) is 2. The quantitative estimate of drug-likeness (QED) is 0.732. The maximum absolute atomic E-state index is 6.00. The summed E-state index contributed by atoms with van der Waals surface area (Å²) < 4.78 is 23.0. The van der Waals surface area contributed by atoms with Gasteiger partial charge in [-0.05, 0) is 23.1 Å². The predicted octanol–water partition coefficient (Wildman–Crippen LogP) is 1.97.